The van der Waals surface area contributed by atoms with Crippen molar-refractivity contribution in [3.05, 3.63) is 29.6 Å². The zero-order chi connectivity index (χ0) is 11.4. The van der Waals surface area contributed by atoms with Crippen LogP contribution in [0.1, 0.15) is 30.5 Å². The summed E-state index contributed by atoms with van der Waals surface area (Å²) in [6.07, 6.45) is 4.46. The van der Waals surface area contributed by atoms with Crippen molar-refractivity contribution in [1.29, 1.82) is 5.26 Å². The Morgan fingerprint density at radius 2 is 2.38 bits per heavy atom. The third-order valence-corrected chi connectivity index (χ3v) is 3.05. The van der Waals surface area contributed by atoms with Crippen molar-refractivity contribution in [2.45, 2.75) is 31.4 Å². The summed E-state index contributed by atoms with van der Waals surface area (Å²) in [7, 11) is 0. The van der Waals surface area contributed by atoms with E-state index in [4.69, 9.17) is 5.26 Å². The van der Waals surface area contributed by atoms with Crippen LogP contribution in [0.3, 0.4) is 0 Å². The van der Waals surface area contributed by atoms with E-state index in [1.54, 1.807) is 6.20 Å². The lowest BCUT2D eigenvalue weighted by molar-refractivity contribution is -0.0314. The molecule has 0 aliphatic heterocycles. The SMILES string of the molecule is N#Cc1ncccc1CNCC1(O)CCC1. The zero-order valence-corrected chi connectivity index (χ0v) is 9.11. The van der Waals surface area contributed by atoms with Crippen LogP contribution in [0.4, 0.5) is 0 Å². The highest BCUT2D eigenvalue weighted by Crippen LogP contribution is 2.30. The number of hydrogen-bond acceptors (Lipinski definition) is 4. The van der Waals surface area contributed by atoms with Crippen molar-refractivity contribution in [3.8, 4) is 6.07 Å². The predicted octanol–water partition coefficient (Wildman–Crippen LogP) is 0.958. The van der Waals surface area contributed by atoms with Gasteiger partial charge in [-0.1, -0.05) is 6.07 Å². The van der Waals surface area contributed by atoms with Gasteiger partial charge in [0.05, 0.1) is 5.60 Å². The second-order valence-electron chi connectivity index (χ2n) is 4.30. The van der Waals surface area contributed by atoms with Crippen LogP contribution in [-0.4, -0.2) is 22.2 Å². The van der Waals surface area contributed by atoms with E-state index >= 15 is 0 Å². The fourth-order valence-corrected chi connectivity index (χ4v) is 1.87. The van der Waals surface area contributed by atoms with E-state index in [-0.39, 0.29) is 0 Å². The van der Waals surface area contributed by atoms with Crippen LogP contribution in [0.25, 0.3) is 0 Å². The number of rotatable bonds is 4. The summed E-state index contributed by atoms with van der Waals surface area (Å²) >= 11 is 0. The van der Waals surface area contributed by atoms with Crippen LogP contribution < -0.4 is 5.32 Å². The first-order valence-electron chi connectivity index (χ1n) is 5.51. The Labute approximate surface area is 94.9 Å². The van der Waals surface area contributed by atoms with Crippen molar-refractivity contribution in [3.63, 3.8) is 0 Å². The lowest BCUT2D eigenvalue weighted by Gasteiger charge is -2.36. The van der Waals surface area contributed by atoms with Crippen LogP contribution in [0.5, 0.6) is 0 Å². The molecule has 4 heteroatoms. The molecule has 16 heavy (non-hydrogen) atoms. The molecule has 0 radical (unpaired) electrons. The van der Waals surface area contributed by atoms with Gasteiger partial charge in [-0.15, -0.1) is 0 Å². The number of hydrogen-bond donors (Lipinski definition) is 2. The lowest BCUT2D eigenvalue weighted by Crippen LogP contribution is -2.46. The van der Waals surface area contributed by atoms with E-state index in [2.05, 4.69) is 16.4 Å². The highest BCUT2D eigenvalue weighted by Gasteiger charge is 2.33. The quantitative estimate of drug-likeness (QED) is 0.788. The second kappa shape index (κ2) is 4.60. The van der Waals surface area contributed by atoms with Gasteiger partial charge in [-0.2, -0.15) is 5.26 Å². The molecule has 0 saturated heterocycles. The normalized spacial score (nSPS) is 17.5. The summed E-state index contributed by atoms with van der Waals surface area (Å²) in [5, 5.41) is 21.9. The smallest absolute Gasteiger partial charge is 0.144 e. The maximum absolute atomic E-state index is 9.87. The maximum atomic E-state index is 9.87. The lowest BCUT2D eigenvalue weighted by atomic mass is 9.80. The maximum Gasteiger partial charge on any atom is 0.144 e. The van der Waals surface area contributed by atoms with Crippen molar-refractivity contribution in [2.24, 2.45) is 0 Å². The molecule has 0 spiro atoms. The molecule has 0 unspecified atom stereocenters. The van der Waals surface area contributed by atoms with E-state index in [1.807, 2.05) is 12.1 Å². The molecular weight excluding hydrogens is 202 g/mol. The average molecular weight is 217 g/mol. The first-order chi connectivity index (χ1) is 7.73. The van der Waals surface area contributed by atoms with Crippen molar-refractivity contribution in [2.75, 3.05) is 6.54 Å². The highest BCUT2D eigenvalue weighted by atomic mass is 16.3. The molecule has 1 aliphatic carbocycles. The number of pyridine rings is 1. The Balaban J connectivity index is 1.87. The summed E-state index contributed by atoms with van der Waals surface area (Å²) in [4.78, 5) is 3.98. The molecule has 84 valence electrons. The van der Waals surface area contributed by atoms with E-state index in [1.165, 1.54) is 0 Å². The van der Waals surface area contributed by atoms with Crippen molar-refractivity contribution >= 4 is 0 Å². The van der Waals surface area contributed by atoms with Gasteiger partial charge in [0.15, 0.2) is 0 Å². The minimum absolute atomic E-state index is 0.454. The number of aliphatic hydroxyl groups is 1. The number of nitrogens with zero attached hydrogens (tertiary/aromatic N) is 2. The van der Waals surface area contributed by atoms with Gasteiger partial charge in [-0.3, -0.25) is 0 Å². The fraction of sp³-hybridized carbons (Fsp3) is 0.500. The average Bonchev–Trinajstić information content (AvgIpc) is 2.27. The van der Waals surface area contributed by atoms with E-state index in [9.17, 15) is 5.11 Å². The van der Waals surface area contributed by atoms with Gasteiger partial charge < -0.3 is 10.4 Å². The van der Waals surface area contributed by atoms with Crippen LogP contribution in [0.15, 0.2) is 18.3 Å². The van der Waals surface area contributed by atoms with Gasteiger partial charge in [0.1, 0.15) is 11.8 Å². The van der Waals surface area contributed by atoms with Gasteiger partial charge in [-0.25, -0.2) is 4.98 Å². The first kappa shape index (κ1) is 11.1. The minimum atomic E-state index is -0.519. The molecule has 2 N–H and O–H groups in total. The molecule has 1 aromatic heterocycles. The van der Waals surface area contributed by atoms with Gasteiger partial charge in [-0.05, 0) is 25.3 Å². The third-order valence-electron chi connectivity index (χ3n) is 3.05. The van der Waals surface area contributed by atoms with Crippen LogP contribution in [0, 0.1) is 11.3 Å². The molecule has 0 atom stereocenters. The number of aromatic nitrogens is 1. The second-order valence-corrected chi connectivity index (χ2v) is 4.30. The largest absolute Gasteiger partial charge is 0.389 e. The van der Waals surface area contributed by atoms with E-state index in [0.29, 0.717) is 18.8 Å². The third kappa shape index (κ3) is 2.38. The Hall–Kier alpha value is -1.44. The van der Waals surface area contributed by atoms with Gasteiger partial charge in [0, 0.05) is 24.8 Å². The van der Waals surface area contributed by atoms with Gasteiger partial charge in [0.25, 0.3) is 0 Å². The molecule has 1 fully saturated rings. The molecule has 2 rings (SSSR count). The van der Waals surface area contributed by atoms with Crippen LogP contribution in [0.2, 0.25) is 0 Å². The molecule has 1 saturated carbocycles. The van der Waals surface area contributed by atoms with Gasteiger partial charge in [0.2, 0.25) is 0 Å². The number of nitriles is 1. The Morgan fingerprint density at radius 3 is 3.00 bits per heavy atom. The molecule has 0 amide bonds. The fourth-order valence-electron chi connectivity index (χ4n) is 1.87. The molecule has 4 nitrogen and oxygen atoms in total. The van der Waals surface area contributed by atoms with Crippen LogP contribution in [-0.2, 0) is 6.54 Å². The van der Waals surface area contributed by atoms with Crippen molar-refractivity contribution in [1.82, 2.24) is 10.3 Å². The monoisotopic (exact) mass is 217 g/mol. The predicted molar refractivity (Wildman–Crippen MR) is 59.5 cm³/mol. The van der Waals surface area contributed by atoms with E-state index in [0.717, 1.165) is 24.8 Å². The summed E-state index contributed by atoms with van der Waals surface area (Å²) in [5.74, 6) is 0. The Morgan fingerprint density at radius 1 is 1.56 bits per heavy atom. The Kier molecular flexibility index (Phi) is 3.18. The number of nitrogens with one attached hydrogen (secondary N) is 1. The molecule has 1 aliphatic rings. The molecule has 0 bridgehead atoms. The molecule has 1 aromatic rings. The molecular formula is C12H15N3O. The summed E-state index contributed by atoms with van der Waals surface area (Å²) < 4.78 is 0. The minimum Gasteiger partial charge on any atom is -0.389 e. The first-order valence-corrected chi connectivity index (χ1v) is 5.51. The summed E-state index contributed by atoms with van der Waals surface area (Å²) in [6.45, 7) is 1.17. The van der Waals surface area contributed by atoms with E-state index < -0.39 is 5.60 Å². The Bertz CT molecular complexity index is 407. The summed E-state index contributed by atoms with van der Waals surface area (Å²) in [5.41, 5.74) is 0.818. The zero-order valence-electron chi connectivity index (χ0n) is 9.11. The standard InChI is InChI=1S/C12H15N3O/c13-7-11-10(3-1-6-15-11)8-14-9-12(16)4-2-5-12/h1,3,6,14,16H,2,4-5,8-9H2. The van der Waals surface area contributed by atoms with Gasteiger partial charge >= 0.3 is 0 Å². The topological polar surface area (TPSA) is 68.9 Å². The molecule has 0 aromatic carbocycles. The highest BCUT2D eigenvalue weighted by molar-refractivity contribution is 5.30. The summed E-state index contributed by atoms with van der Waals surface area (Å²) in [6, 6.07) is 5.75. The molecule has 1 heterocycles. The van der Waals surface area contributed by atoms with Crippen LogP contribution >= 0.6 is 0 Å². The van der Waals surface area contributed by atoms with Crippen molar-refractivity contribution < 1.29 is 5.11 Å².